The molecule has 0 radical (unpaired) electrons. The minimum absolute atomic E-state index is 0.145. The Morgan fingerprint density at radius 2 is 1.86 bits per heavy atom. The van der Waals surface area contributed by atoms with Crippen molar-refractivity contribution in [3.63, 3.8) is 0 Å². The van der Waals surface area contributed by atoms with Crippen LogP contribution in [0.3, 0.4) is 0 Å². The second-order valence-corrected chi connectivity index (χ2v) is 3.02. The molecule has 0 aromatic heterocycles. The Labute approximate surface area is 81.8 Å². The van der Waals surface area contributed by atoms with Crippen molar-refractivity contribution >= 4 is 5.84 Å². The topological polar surface area (TPSA) is 58.6 Å². The van der Waals surface area contributed by atoms with Gasteiger partial charge in [0.2, 0.25) is 0 Å². The molecular formula is C11H10N2O. The van der Waals surface area contributed by atoms with Crippen LogP contribution in [-0.4, -0.2) is 11.0 Å². The van der Waals surface area contributed by atoms with Gasteiger partial charge in [-0.1, -0.05) is 41.6 Å². The summed E-state index contributed by atoms with van der Waals surface area (Å²) in [7, 11) is 0. The predicted molar refractivity (Wildman–Crippen MR) is 55.6 cm³/mol. The number of fused-ring (bicyclic) bond motifs is 1. The molecule has 0 aromatic rings. The maximum atomic E-state index is 8.59. The van der Waals surface area contributed by atoms with Gasteiger partial charge in [0.25, 0.3) is 0 Å². The molecule has 0 amide bonds. The van der Waals surface area contributed by atoms with E-state index in [2.05, 4.69) is 5.16 Å². The smallest absolute Gasteiger partial charge is 0.170 e. The zero-order chi connectivity index (χ0) is 9.97. The van der Waals surface area contributed by atoms with Crippen molar-refractivity contribution in [3.8, 4) is 11.1 Å². The zero-order valence-electron chi connectivity index (χ0n) is 7.51. The fraction of sp³-hybridized carbons (Fsp3) is 0. The Hall–Kier alpha value is -2.03. The Kier molecular flexibility index (Phi) is 2.07. The number of rotatable bonds is 1. The van der Waals surface area contributed by atoms with Gasteiger partial charge in [-0.05, 0) is 17.2 Å². The molecule has 0 bridgehead atoms. The fourth-order valence-electron chi connectivity index (χ4n) is 1.30. The summed E-state index contributed by atoms with van der Waals surface area (Å²) in [5.74, 6) is 0.145. The second-order valence-electron chi connectivity index (χ2n) is 3.02. The minimum atomic E-state index is 0.145. The Morgan fingerprint density at radius 3 is 2.57 bits per heavy atom. The number of hydrogen-bond donors (Lipinski definition) is 2. The van der Waals surface area contributed by atoms with E-state index in [1.165, 1.54) is 0 Å². The Balaban J connectivity index is 2.55. The molecule has 2 rings (SSSR count). The third-order valence-electron chi connectivity index (χ3n) is 2.07. The van der Waals surface area contributed by atoms with Gasteiger partial charge in [0.1, 0.15) is 0 Å². The molecule has 0 saturated carbocycles. The average Bonchev–Trinajstić information content (AvgIpc) is 2.94. The lowest BCUT2D eigenvalue weighted by Gasteiger charge is -1.94. The quantitative estimate of drug-likeness (QED) is 0.309. The maximum absolute atomic E-state index is 8.59. The van der Waals surface area contributed by atoms with Crippen LogP contribution in [0.4, 0.5) is 0 Å². The highest BCUT2D eigenvalue weighted by Crippen LogP contribution is 2.33. The van der Waals surface area contributed by atoms with Gasteiger partial charge in [-0.3, -0.25) is 0 Å². The second kappa shape index (κ2) is 3.38. The molecule has 0 saturated heterocycles. The maximum Gasteiger partial charge on any atom is 0.170 e. The zero-order valence-corrected chi connectivity index (χ0v) is 7.51. The van der Waals surface area contributed by atoms with Crippen LogP contribution >= 0.6 is 0 Å². The summed E-state index contributed by atoms with van der Waals surface area (Å²) in [5, 5.41) is 11.6. The van der Waals surface area contributed by atoms with E-state index in [0.29, 0.717) is 0 Å². The fourth-order valence-corrected chi connectivity index (χ4v) is 1.30. The molecule has 3 N–H and O–H groups in total. The van der Waals surface area contributed by atoms with Crippen molar-refractivity contribution in [3.05, 3.63) is 48.0 Å². The van der Waals surface area contributed by atoms with E-state index < -0.39 is 0 Å². The Bertz CT molecular complexity index is 451. The summed E-state index contributed by atoms with van der Waals surface area (Å²) in [5.41, 5.74) is 8.47. The lowest BCUT2D eigenvalue weighted by atomic mass is 10.2. The van der Waals surface area contributed by atoms with Gasteiger partial charge >= 0.3 is 0 Å². The van der Waals surface area contributed by atoms with Crippen molar-refractivity contribution < 1.29 is 5.21 Å². The summed E-state index contributed by atoms with van der Waals surface area (Å²) in [6.45, 7) is 0. The van der Waals surface area contributed by atoms with Crippen molar-refractivity contribution in [2.45, 2.75) is 0 Å². The molecule has 0 aliphatic heterocycles. The van der Waals surface area contributed by atoms with Gasteiger partial charge in [-0.25, -0.2) is 0 Å². The predicted octanol–water partition coefficient (Wildman–Crippen LogP) is 1.89. The minimum Gasteiger partial charge on any atom is -0.409 e. The highest BCUT2D eigenvalue weighted by atomic mass is 16.4. The van der Waals surface area contributed by atoms with Crippen molar-refractivity contribution in [2.24, 2.45) is 10.9 Å². The van der Waals surface area contributed by atoms with Crippen LogP contribution in [0.5, 0.6) is 0 Å². The normalized spacial score (nSPS) is 11.9. The molecule has 0 spiro atoms. The highest BCUT2D eigenvalue weighted by Gasteiger charge is 2.14. The SMILES string of the molecule is NC(=NO)c1ccccccc2cc1-2. The summed E-state index contributed by atoms with van der Waals surface area (Å²) in [6.07, 6.45) is 0. The third-order valence-corrected chi connectivity index (χ3v) is 2.07. The third kappa shape index (κ3) is 1.52. The van der Waals surface area contributed by atoms with Gasteiger partial charge in [-0.15, -0.1) is 0 Å². The number of nitrogens with two attached hydrogens (primary N) is 1. The largest absolute Gasteiger partial charge is 0.409 e. The average molecular weight is 186 g/mol. The molecule has 0 atom stereocenters. The lowest BCUT2D eigenvalue weighted by Crippen LogP contribution is -2.12. The van der Waals surface area contributed by atoms with Crippen molar-refractivity contribution in [1.82, 2.24) is 0 Å². The van der Waals surface area contributed by atoms with Gasteiger partial charge in [0.15, 0.2) is 5.84 Å². The molecule has 2 aliphatic carbocycles. The van der Waals surface area contributed by atoms with Crippen LogP contribution in [0.25, 0.3) is 11.1 Å². The highest BCUT2D eigenvalue weighted by molar-refractivity contribution is 6.06. The van der Waals surface area contributed by atoms with E-state index in [4.69, 9.17) is 10.9 Å². The molecular weight excluding hydrogens is 176 g/mol. The van der Waals surface area contributed by atoms with Gasteiger partial charge in [0, 0.05) is 5.56 Å². The molecule has 0 unspecified atom stereocenters. The summed E-state index contributed by atoms with van der Waals surface area (Å²) in [4.78, 5) is 0. The molecule has 3 nitrogen and oxygen atoms in total. The first-order valence-electron chi connectivity index (χ1n) is 4.28. The standard InChI is InChI=1S/C11H10N2O/c12-11(13-14)9-6-4-2-1-3-5-8-7-10(8)9/h1-7,14H,(H2,12,13). The van der Waals surface area contributed by atoms with Crippen molar-refractivity contribution in [2.75, 3.05) is 0 Å². The van der Waals surface area contributed by atoms with E-state index >= 15 is 0 Å². The van der Waals surface area contributed by atoms with E-state index in [1.807, 2.05) is 42.5 Å². The van der Waals surface area contributed by atoms with E-state index in [1.54, 1.807) is 0 Å². The first-order chi connectivity index (χ1) is 6.83. The van der Waals surface area contributed by atoms with Gasteiger partial charge < -0.3 is 10.9 Å². The number of nitrogens with zero attached hydrogens (tertiary/aromatic N) is 1. The molecule has 3 heteroatoms. The van der Waals surface area contributed by atoms with E-state index in [-0.39, 0.29) is 5.84 Å². The lowest BCUT2D eigenvalue weighted by molar-refractivity contribution is 0.318. The summed E-state index contributed by atoms with van der Waals surface area (Å²) < 4.78 is 0. The molecule has 0 heterocycles. The number of oxime groups is 1. The van der Waals surface area contributed by atoms with Crippen LogP contribution in [0.1, 0.15) is 5.56 Å². The molecule has 70 valence electrons. The van der Waals surface area contributed by atoms with E-state index in [0.717, 1.165) is 16.7 Å². The summed E-state index contributed by atoms with van der Waals surface area (Å²) >= 11 is 0. The Morgan fingerprint density at radius 1 is 1.14 bits per heavy atom. The molecule has 0 aromatic carbocycles. The van der Waals surface area contributed by atoms with Crippen LogP contribution in [0.2, 0.25) is 0 Å². The van der Waals surface area contributed by atoms with Crippen LogP contribution in [0, 0.1) is 0 Å². The number of amidine groups is 1. The molecule has 14 heavy (non-hydrogen) atoms. The van der Waals surface area contributed by atoms with E-state index in [9.17, 15) is 0 Å². The number of hydrogen-bond acceptors (Lipinski definition) is 2. The molecule has 2 aliphatic rings. The van der Waals surface area contributed by atoms with Gasteiger partial charge in [-0.2, -0.15) is 0 Å². The van der Waals surface area contributed by atoms with Crippen molar-refractivity contribution in [1.29, 1.82) is 0 Å². The first-order valence-corrected chi connectivity index (χ1v) is 4.28. The monoisotopic (exact) mass is 186 g/mol. The van der Waals surface area contributed by atoms with Crippen LogP contribution < -0.4 is 5.73 Å². The molecule has 0 fully saturated rings. The van der Waals surface area contributed by atoms with Gasteiger partial charge in [0.05, 0.1) is 0 Å². The van der Waals surface area contributed by atoms with Crippen LogP contribution in [-0.2, 0) is 0 Å². The summed E-state index contributed by atoms with van der Waals surface area (Å²) in [6, 6.07) is 13.5. The van der Waals surface area contributed by atoms with Crippen LogP contribution in [0.15, 0.2) is 47.6 Å². The first kappa shape index (κ1) is 8.56.